The van der Waals surface area contributed by atoms with E-state index in [2.05, 4.69) is 4.98 Å². The second-order valence-corrected chi connectivity index (χ2v) is 10.3. The number of halogens is 4. The van der Waals surface area contributed by atoms with Crippen LogP contribution in [0.2, 0.25) is 10.2 Å². The van der Waals surface area contributed by atoms with Crippen LogP contribution in [0, 0.1) is 11.6 Å². The van der Waals surface area contributed by atoms with Gasteiger partial charge in [-0.1, -0.05) is 23.7 Å². The number of aliphatic carboxylic acids is 1. The Kier molecular flexibility index (Phi) is 9.26. The summed E-state index contributed by atoms with van der Waals surface area (Å²) in [6, 6.07) is 6.36. The summed E-state index contributed by atoms with van der Waals surface area (Å²) in [6.07, 6.45) is -3.05. The summed E-state index contributed by atoms with van der Waals surface area (Å²) in [7, 11) is 1.19. The molecule has 3 N–H and O–H groups in total. The fraction of sp³-hybridized carbons (Fsp3) is 0.308. The van der Waals surface area contributed by atoms with Gasteiger partial charge in [-0.05, 0) is 56.6 Å². The van der Waals surface area contributed by atoms with Crippen molar-refractivity contribution in [3.63, 3.8) is 0 Å². The van der Waals surface area contributed by atoms with Crippen molar-refractivity contribution in [2.24, 2.45) is 5.73 Å². The summed E-state index contributed by atoms with van der Waals surface area (Å²) in [4.78, 5) is 41.6. The number of hydrogen-bond acceptors (Lipinski definition) is 7. The average Bonchev–Trinajstić information content (AvgIpc) is 3.23. The zero-order valence-electron chi connectivity index (χ0n) is 21.7. The minimum absolute atomic E-state index is 0.131. The number of nitrogens with two attached hydrogens (primary N) is 1. The van der Waals surface area contributed by atoms with E-state index >= 15 is 4.39 Å². The number of carboxylic acid groups (broad SMARTS) is 1. The molecule has 40 heavy (non-hydrogen) atoms. The highest BCUT2D eigenvalue weighted by molar-refractivity contribution is 6.31. The molecule has 2 amide bonds. The van der Waals surface area contributed by atoms with Crippen molar-refractivity contribution in [1.82, 2.24) is 9.88 Å². The first-order valence-electron chi connectivity index (χ1n) is 11.6. The Labute approximate surface area is 237 Å². The second kappa shape index (κ2) is 12.1. The lowest BCUT2D eigenvalue weighted by molar-refractivity contribution is -0.143. The molecule has 3 aromatic rings. The van der Waals surface area contributed by atoms with Crippen LogP contribution >= 0.6 is 23.2 Å². The number of nitrogens with zero attached hydrogens (tertiary/aromatic N) is 2. The van der Waals surface area contributed by atoms with Crippen molar-refractivity contribution in [3.8, 4) is 17.0 Å². The van der Waals surface area contributed by atoms with E-state index in [1.54, 1.807) is 45.0 Å². The van der Waals surface area contributed by atoms with E-state index < -0.39 is 65.1 Å². The van der Waals surface area contributed by atoms with Gasteiger partial charge in [0.05, 0.1) is 0 Å². The van der Waals surface area contributed by atoms with E-state index in [0.29, 0.717) is 10.6 Å². The number of aromatic nitrogens is 1. The lowest BCUT2D eigenvalue weighted by Crippen LogP contribution is -2.46. The molecule has 214 valence electrons. The van der Waals surface area contributed by atoms with Crippen LogP contribution in [0.25, 0.3) is 11.3 Å². The summed E-state index contributed by atoms with van der Waals surface area (Å²) < 4.78 is 45.6. The minimum Gasteiger partial charge on any atom is -0.480 e. The standard InChI is InChI=1S/C26H25Cl2F2N3O7/c1-26(2,3)40-25(37)33(4)15(24(35)36)11-17(38-16-10-9-14(29)18(19(16)30)22(31)34)23-32-20(21(28)39-23)12-5-7-13(27)8-6-12/h5-10,15,17H,11H2,1-4H3,(H2,31,34)(H,35,36). The average molecular weight is 600 g/mol. The van der Waals surface area contributed by atoms with Gasteiger partial charge in [0.2, 0.25) is 11.1 Å². The molecule has 2 atom stereocenters. The van der Waals surface area contributed by atoms with Crippen molar-refractivity contribution >= 4 is 41.2 Å². The van der Waals surface area contributed by atoms with Crippen molar-refractivity contribution in [1.29, 1.82) is 0 Å². The van der Waals surface area contributed by atoms with E-state index in [9.17, 15) is 23.9 Å². The van der Waals surface area contributed by atoms with E-state index in [1.807, 2.05) is 0 Å². The molecule has 0 aliphatic heterocycles. The maximum absolute atomic E-state index is 15.1. The number of amides is 2. The molecule has 2 unspecified atom stereocenters. The predicted octanol–water partition coefficient (Wildman–Crippen LogP) is 5.86. The Balaban J connectivity index is 2.07. The Morgan fingerprint density at radius 3 is 2.30 bits per heavy atom. The molecule has 0 radical (unpaired) electrons. The Morgan fingerprint density at radius 1 is 1.12 bits per heavy atom. The second-order valence-electron chi connectivity index (χ2n) is 9.57. The molecule has 0 fully saturated rings. The van der Waals surface area contributed by atoms with Gasteiger partial charge in [0.1, 0.15) is 28.7 Å². The van der Waals surface area contributed by atoms with Gasteiger partial charge in [-0.3, -0.25) is 9.69 Å². The summed E-state index contributed by atoms with van der Waals surface area (Å²) in [6.45, 7) is 4.80. The summed E-state index contributed by atoms with van der Waals surface area (Å²) in [5, 5.41) is 10.2. The van der Waals surface area contributed by atoms with E-state index in [4.69, 9.17) is 42.8 Å². The highest BCUT2D eigenvalue weighted by Gasteiger charge is 2.36. The highest BCUT2D eigenvalue weighted by Crippen LogP contribution is 2.36. The third-order valence-electron chi connectivity index (χ3n) is 5.44. The smallest absolute Gasteiger partial charge is 0.410 e. The van der Waals surface area contributed by atoms with Crippen molar-refractivity contribution in [2.45, 2.75) is 44.9 Å². The molecule has 14 heteroatoms. The van der Waals surface area contributed by atoms with E-state index in [-0.39, 0.29) is 16.8 Å². The third kappa shape index (κ3) is 7.19. The molecule has 1 heterocycles. The first kappa shape index (κ1) is 30.6. The van der Waals surface area contributed by atoms with Crippen LogP contribution in [0.5, 0.6) is 5.75 Å². The number of hydrogen-bond donors (Lipinski definition) is 2. The summed E-state index contributed by atoms with van der Waals surface area (Å²) >= 11 is 12.2. The number of oxazole rings is 1. The van der Waals surface area contributed by atoms with Gasteiger partial charge >= 0.3 is 12.1 Å². The van der Waals surface area contributed by atoms with Crippen LogP contribution in [-0.4, -0.2) is 51.7 Å². The predicted molar refractivity (Wildman–Crippen MR) is 140 cm³/mol. The fourth-order valence-electron chi connectivity index (χ4n) is 3.53. The Bertz CT molecular complexity index is 1420. The van der Waals surface area contributed by atoms with Gasteiger partial charge in [0.15, 0.2) is 17.7 Å². The number of carbonyl (C=O) groups excluding carboxylic acids is 2. The molecule has 3 rings (SSSR count). The number of carboxylic acids is 1. The molecule has 0 spiro atoms. The third-order valence-corrected chi connectivity index (χ3v) is 5.95. The van der Waals surface area contributed by atoms with Crippen molar-refractivity contribution in [2.75, 3.05) is 7.05 Å². The molecule has 0 bridgehead atoms. The summed E-state index contributed by atoms with van der Waals surface area (Å²) in [5.74, 6) is -6.48. The van der Waals surface area contributed by atoms with Crippen molar-refractivity contribution < 1.29 is 42.2 Å². The van der Waals surface area contributed by atoms with Crippen LogP contribution in [-0.2, 0) is 9.53 Å². The molecular weight excluding hydrogens is 575 g/mol. The van der Waals surface area contributed by atoms with Gasteiger partial charge in [0, 0.05) is 24.1 Å². The van der Waals surface area contributed by atoms with Gasteiger partial charge in [-0.2, -0.15) is 0 Å². The number of rotatable bonds is 9. The van der Waals surface area contributed by atoms with Crippen LogP contribution in [0.4, 0.5) is 13.6 Å². The molecule has 0 saturated heterocycles. The molecule has 2 aromatic carbocycles. The lowest BCUT2D eigenvalue weighted by Gasteiger charge is -2.30. The van der Waals surface area contributed by atoms with E-state index in [1.165, 1.54) is 7.05 Å². The SMILES string of the molecule is CN(C(=O)OC(C)(C)C)C(CC(Oc1ccc(F)c(C(N)=O)c1F)c1nc(-c2ccc(Cl)cc2)c(Cl)o1)C(=O)O. The van der Waals surface area contributed by atoms with Gasteiger partial charge in [0.25, 0.3) is 5.91 Å². The van der Waals surface area contributed by atoms with Crippen LogP contribution in [0.1, 0.15) is 49.5 Å². The number of primary amides is 1. The van der Waals surface area contributed by atoms with Crippen LogP contribution in [0.15, 0.2) is 40.8 Å². The maximum Gasteiger partial charge on any atom is 0.410 e. The molecule has 0 aliphatic rings. The van der Waals surface area contributed by atoms with Crippen LogP contribution < -0.4 is 10.5 Å². The number of carbonyl (C=O) groups is 3. The molecule has 1 aromatic heterocycles. The molecule has 0 saturated carbocycles. The Morgan fingerprint density at radius 2 is 1.75 bits per heavy atom. The zero-order chi connectivity index (χ0) is 29.9. The molecule has 0 aliphatic carbocycles. The fourth-order valence-corrected chi connectivity index (χ4v) is 3.89. The van der Waals surface area contributed by atoms with Gasteiger partial charge < -0.3 is 24.7 Å². The normalized spacial score (nSPS) is 12.9. The largest absolute Gasteiger partial charge is 0.480 e. The number of likely N-dealkylation sites (N-methyl/N-ethyl adjacent to an activating group) is 1. The van der Waals surface area contributed by atoms with Crippen LogP contribution in [0.3, 0.4) is 0 Å². The first-order valence-corrected chi connectivity index (χ1v) is 12.4. The van der Waals surface area contributed by atoms with Gasteiger partial charge in [-0.15, -0.1) is 0 Å². The van der Waals surface area contributed by atoms with E-state index in [0.717, 1.165) is 17.0 Å². The maximum atomic E-state index is 15.1. The number of ether oxygens (including phenoxy) is 2. The minimum atomic E-state index is -1.61. The van der Waals surface area contributed by atoms with Crippen molar-refractivity contribution in [3.05, 3.63) is 69.7 Å². The quantitative estimate of drug-likeness (QED) is 0.311. The zero-order valence-corrected chi connectivity index (χ0v) is 23.2. The molecular formula is C26H25Cl2F2N3O7. The molecule has 10 nitrogen and oxygen atoms in total. The monoisotopic (exact) mass is 599 g/mol. The topological polar surface area (TPSA) is 145 Å². The van der Waals surface area contributed by atoms with Gasteiger partial charge in [-0.25, -0.2) is 23.4 Å². The number of benzene rings is 2. The lowest BCUT2D eigenvalue weighted by atomic mass is 10.1. The summed E-state index contributed by atoms with van der Waals surface area (Å²) in [5.41, 5.74) is 3.71. The highest BCUT2D eigenvalue weighted by atomic mass is 35.5. The first-order chi connectivity index (χ1) is 18.6. The Hall–Kier alpha value is -3.90.